The molecule has 19 heavy (non-hydrogen) atoms. The average Bonchev–Trinajstić information content (AvgIpc) is 2.46. The van der Waals surface area contributed by atoms with Crippen LogP contribution >= 0.6 is 0 Å². The van der Waals surface area contributed by atoms with E-state index in [1.807, 2.05) is 12.3 Å². The van der Waals surface area contributed by atoms with Crippen molar-refractivity contribution in [2.75, 3.05) is 31.1 Å². The zero-order chi connectivity index (χ0) is 13.8. The maximum absolute atomic E-state index is 7.65. The van der Waals surface area contributed by atoms with E-state index in [0.29, 0.717) is 6.04 Å². The molecule has 1 aromatic rings. The average molecular weight is 261 g/mol. The van der Waals surface area contributed by atoms with Crippen molar-refractivity contribution >= 4 is 11.5 Å². The smallest absolute Gasteiger partial charge is 0.125 e. The number of rotatable bonds is 4. The van der Waals surface area contributed by atoms with Crippen molar-refractivity contribution in [3.8, 4) is 0 Å². The highest BCUT2D eigenvalue weighted by molar-refractivity contribution is 6.00. The summed E-state index contributed by atoms with van der Waals surface area (Å²) in [6.07, 6.45) is 4.69. The number of nitrogens with two attached hydrogens (primary N) is 1. The van der Waals surface area contributed by atoms with Gasteiger partial charge in [0.1, 0.15) is 5.84 Å². The van der Waals surface area contributed by atoms with Crippen molar-refractivity contribution in [3.63, 3.8) is 0 Å². The van der Waals surface area contributed by atoms with Gasteiger partial charge in [0.25, 0.3) is 0 Å². The van der Waals surface area contributed by atoms with Crippen molar-refractivity contribution in [1.82, 2.24) is 9.88 Å². The SMILES string of the molecule is CCC(C)N1CCN(c2cnccc2C(=N)N)CC1. The predicted octanol–water partition coefficient (Wildman–Crippen LogP) is 1.29. The molecule has 0 aliphatic carbocycles. The first-order valence-electron chi connectivity index (χ1n) is 6.91. The van der Waals surface area contributed by atoms with Gasteiger partial charge in [-0.3, -0.25) is 15.3 Å². The molecule has 1 saturated heterocycles. The topological polar surface area (TPSA) is 69.2 Å². The quantitative estimate of drug-likeness (QED) is 0.633. The molecule has 104 valence electrons. The second kappa shape index (κ2) is 6.02. The van der Waals surface area contributed by atoms with E-state index in [9.17, 15) is 0 Å². The van der Waals surface area contributed by atoms with E-state index < -0.39 is 0 Å². The van der Waals surface area contributed by atoms with E-state index in [-0.39, 0.29) is 5.84 Å². The third-order valence-electron chi connectivity index (χ3n) is 3.96. The zero-order valence-corrected chi connectivity index (χ0v) is 11.8. The summed E-state index contributed by atoms with van der Waals surface area (Å²) in [6.45, 7) is 8.56. The summed E-state index contributed by atoms with van der Waals surface area (Å²) in [5.74, 6) is 0.113. The van der Waals surface area contributed by atoms with Crippen molar-refractivity contribution < 1.29 is 0 Å². The molecule has 3 N–H and O–H groups in total. The number of amidine groups is 1. The first-order chi connectivity index (χ1) is 9.13. The lowest BCUT2D eigenvalue weighted by atomic mass is 10.1. The Labute approximate surface area is 114 Å². The fraction of sp³-hybridized carbons (Fsp3) is 0.571. The van der Waals surface area contributed by atoms with Gasteiger partial charge in [-0.25, -0.2) is 0 Å². The first kappa shape index (κ1) is 13.8. The Morgan fingerprint density at radius 2 is 2.11 bits per heavy atom. The van der Waals surface area contributed by atoms with Crippen LogP contribution in [0.1, 0.15) is 25.8 Å². The highest BCUT2D eigenvalue weighted by atomic mass is 15.3. The molecule has 2 heterocycles. The molecule has 1 aliphatic rings. The van der Waals surface area contributed by atoms with Crippen molar-refractivity contribution in [1.29, 1.82) is 5.41 Å². The minimum atomic E-state index is 0.113. The van der Waals surface area contributed by atoms with Crippen molar-refractivity contribution in [2.45, 2.75) is 26.3 Å². The molecule has 1 unspecified atom stereocenters. The Kier molecular flexibility index (Phi) is 4.37. The molecule has 5 heteroatoms. The maximum atomic E-state index is 7.65. The number of nitrogen functional groups attached to an aromatic ring is 1. The van der Waals surface area contributed by atoms with Crippen LogP contribution in [0.3, 0.4) is 0 Å². The molecule has 1 aliphatic heterocycles. The minimum absolute atomic E-state index is 0.113. The minimum Gasteiger partial charge on any atom is -0.384 e. The van der Waals surface area contributed by atoms with Gasteiger partial charge in [-0.1, -0.05) is 6.92 Å². The van der Waals surface area contributed by atoms with Crippen molar-refractivity contribution in [3.05, 3.63) is 24.0 Å². The van der Waals surface area contributed by atoms with Crippen LogP contribution in [0.4, 0.5) is 5.69 Å². The summed E-state index contributed by atoms with van der Waals surface area (Å²) in [4.78, 5) is 8.96. The monoisotopic (exact) mass is 261 g/mol. The van der Waals surface area contributed by atoms with Crippen LogP contribution in [0.2, 0.25) is 0 Å². The number of nitrogens with zero attached hydrogens (tertiary/aromatic N) is 3. The number of aromatic nitrogens is 1. The molecular formula is C14H23N5. The summed E-state index contributed by atoms with van der Waals surface area (Å²) < 4.78 is 0. The fourth-order valence-electron chi connectivity index (χ4n) is 2.53. The first-order valence-corrected chi connectivity index (χ1v) is 6.91. The Hall–Kier alpha value is -1.62. The van der Waals surface area contributed by atoms with Gasteiger partial charge >= 0.3 is 0 Å². The molecule has 1 fully saturated rings. The largest absolute Gasteiger partial charge is 0.384 e. The van der Waals surface area contributed by atoms with Gasteiger partial charge in [0.15, 0.2) is 0 Å². The Morgan fingerprint density at radius 1 is 1.42 bits per heavy atom. The number of pyridine rings is 1. The summed E-state index contributed by atoms with van der Waals surface area (Å²) in [5, 5.41) is 7.65. The lowest BCUT2D eigenvalue weighted by Crippen LogP contribution is -2.49. The Bertz CT molecular complexity index is 437. The number of piperazine rings is 1. The normalized spacial score (nSPS) is 18.3. The van der Waals surface area contributed by atoms with E-state index >= 15 is 0 Å². The number of hydrogen-bond donors (Lipinski definition) is 2. The number of hydrogen-bond acceptors (Lipinski definition) is 4. The lowest BCUT2D eigenvalue weighted by molar-refractivity contribution is 0.193. The van der Waals surface area contributed by atoms with Crippen LogP contribution in [0.5, 0.6) is 0 Å². The van der Waals surface area contributed by atoms with E-state index in [4.69, 9.17) is 11.1 Å². The molecule has 0 aromatic carbocycles. The Balaban J connectivity index is 2.08. The zero-order valence-electron chi connectivity index (χ0n) is 11.8. The predicted molar refractivity (Wildman–Crippen MR) is 78.8 cm³/mol. The highest BCUT2D eigenvalue weighted by Crippen LogP contribution is 2.21. The van der Waals surface area contributed by atoms with E-state index in [1.54, 1.807) is 6.20 Å². The highest BCUT2D eigenvalue weighted by Gasteiger charge is 2.22. The Morgan fingerprint density at radius 3 is 2.68 bits per heavy atom. The third-order valence-corrected chi connectivity index (χ3v) is 3.96. The third kappa shape index (κ3) is 3.04. The molecule has 0 bridgehead atoms. The second-order valence-corrected chi connectivity index (χ2v) is 5.09. The molecule has 0 saturated carbocycles. The second-order valence-electron chi connectivity index (χ2n) is 5.09. The van der Waals surface area contributed by atoms with Gasteiger partial charge in [-0.05, 0) is 19.4 Å². The molecule has 2 rings (SSSR count). The lowest BCUT2D eigenvalue weighted by Gasteiger charge is -2.39. The summed E-state index contributed by atoms with van der Waals surface area (Å²) in [6, 6.07) is 2.46. The van der Waals surface area contributed by atoms with Crippen LogP contribution in [-0.2, 0) is 0 Å². The van der Waals surface area contributed by atoms with Crippen molar-refractivity contribution in [2.24, 2.45) is 5.73 Å². The van der Waals surface area contributed by atoms with Gasteiger partial charge in [0.05, 0.1) is 11.9 Å². The van der Waals surface area contributed by atoms with Gasteiger partial charge in [-0.2, -0.15) is 0 Å². The standard InChI is InChI=1S/C14H23N5/c1-3-11(2)18-6-8-19(9-7-18)13-10-17-5-4-12(13)14(15)16/h4-5,10-11H,3,6-9H2,1-2H3,(H3,15,16). The van der Waals surface area contributed by atoms with Gasteiger partial charge in [0.2, 0.25) is 0 Å². The number of anilines is 1. The summed E-state index contributed by atoms with van der Waals surface area (Å²) >= 11 is 0. The van der Waals surface area contributed by atoms with E-state index in [0.717, 1.165) is 37.4 Å². The van der Waals surface area contributed by atoms with Crippen LogP contribution in [0, 0.1) is 5.41 Å². The molecule has 1 aromatic heterocycles. The molecule has 0 amide bonds. The fourth-order valence-corrected chi connectivity index (χ4v) is 2.53. The number of nitrogens with one attached hydrogen (secondary N) is 1. The van der Waals surface area contributed by atoms with Crippen LogP contribution < -0.4 is 10.6 Å². The van der Waals surface area contributed by atoms with Crippen LogP contribution in [0.15, 0.2) is 18.5 Å². The van der Waals surface area contributed by atoms with Crippen LogP contribution in [-0.4, -0.2) is 47.9 Å². The molecule has 5 nitrogen and oxygen atoms in total. The molecular weight excluding hydrogens is 238 g/mol. The van der Waals surface area contributed by atoms with E-state index in [1.165, 1.54) is 6.42 Å². The van der Waals surface area contributed by atoms with Gasteiger partial charge in [0, 0.05) is 44.0 Å². The molecule has 0 radical (unpaired) electrons. The van der Waals surface area contributed by atoms with Gasteiger partial charge < -0.3 is 10.6 Å². The maximum Gasteiger partial charge on any atom is 0.125 e. The summed E-state index contributed by atoms with van der Waals surface area (Å²) in [5.41, 5.74) is 7.41. The molecule has 1 atom stereocenters. The van der Waals surface area contributed by atoms with E-state index in [2.05, 4.69) is 28.6 Å². The molecule has 0 spiro atoms. The van der Waals surface area contributed by atoms with Crippen LogP contribution in [0.25, 0.3) is 0 Å². The summed E-state index contributed by atoms with van der Waals surface area (Å²) in [7, 11) is 0. The van der Waals surface area contributed by atoms with Gasteiger partial charge in [-0.15, -0.1) is 0 Å².